The minimum Gasteiger partial charge on any atom is -0.610 e. The minimum absolute atomic E-state index is 0. The molecule has 0 aromatic rings. The van der Waals surface area contributed by atoms with Crippen molar-refractivity contribution in [3.8, 4) is 0 Å². The van der Waals surface area contributed by atoms with Crippen molar-refractivity contribution >= 4 is 30.7 Å². The van der Waals surface area contributed by atoms with Crippen LogP contribution in [-0.2, 0) is 28.4 Å². The minimum atomic E-state index is -1.29. The fourth-order valence-electron chi connectivity index (χ4n) is 11.4. The number of piperidine rings is 7. The number of hydrogen-bond acceptors (Lipinski definition) is 6. The Kier molecular flexibility index (Phi) is 87.7. The molecule has 14 heterocycles. The number of ether oxygens (including phenoxy) is 6. The van der Waals surface area contributed by atoms with Crippen LogP contribution in [0.15, 0.2) is 24.0 Å². The van der Waals surface area contributed by atoms with Gasteiger partial charge in [-0.25, -0.2) is 0 Å². The summed E-state index contributed by atoms with van der Waals surface area (Å²) in [6.07, 6.45) is 52.1. The zero-order valence-corrected chi connectivity index (χ0v) is 67.3. The van der Waals surface area contributed by atoms with Crippen molar-refractivity contribution in [2.45, 2.75) is 255 Å². The van der Waals surface area contributed by atoms with Gasteiger partial charge in [0.15, 0.2) is 0 Å². The molecular weight excluding hydrogens is 1290 g/mol. The Hall–Kier alpha value is 4.34. The Balaban J connectivity index is -0.000000522. The Labute approximate surface area is 692 Å². The maximum absolute atomic E-state index is 4.94. The van der Waals surface area contributed by atoms with Gasteiger partial charge < -0.3 is 50.5 Å². The van der Waals surface area contributed by atoms with E-state index < -0.39 is 30.7 Å². The zero-order valence-electron chi connectivity index (χ0n) is 63.6. The maximum Gasteiger partial charge on any atom is 1.00 e. The van der Waals surface area contributed by atoms with E-state index in [-0.39, 0.29) is 151 Å². The predicted molar refractivity (Wildman–Crippen MR) is 356 cm³/mol. The van der Waals surface area contributed by atoms with E-state index in [1.165, 1.54) is 218 Å². The maximum atomic E-state index is 4.94. The third kappa shape index (κ3) is 62.3. The zero-order chi connectivity index (χ0) is 61.5. The van der Waals surface area contributed by atoms with Crippen molar-refractivity contribution < 1.29 is 216 Å². The molecule has 7 atom stereocenters. The summed E-state index contributed by atoms with van der Waals surface area (Å²) in [5.41, 5.74) is 7.66. The first kappa shape index (κ1) is 107. The topological polar surface area (TPSA) is 323 Å². The molecule has 0 saturated carbocycles. The van der Waals surface area contributed by atoms with Gasteiger partial charge in [-0.15, -0.1) is 13.1 Å². The van der Waals surface area contributed by atoms with Crippen molar-refractivity contribution in [2.24, 2.45) is 0 Å². The number of allylic oxidation sites excluding steroid dienone is 2. The molecule has 32 heteroatoms. The number of quaternary nitrogens is 8. The van der Waals surface area contributed by atoms with E-state index in [1.807, 2.05) is 0 Å². The van der Waals surface area contributed by atoms with Gasteiger partial charge in [0.25, 0.3) is 0 Å². The summed E-state index contributed by atoms with van der Waals surface area (Å²) in [7, 11) is 0. The van der Waals surface area contributed by atoms with Crippen LogP contribution in [0.25, 0.3) is 42.5 Å². The van der Waals surface area contributed by atoms with Crippen LogP contribution >= 0.6 is 0 Å². The van der Waals surface area contributed by atoms with Crippen LogP contribution < -0.4 is 188 Å². The summed E-state index contributed by atoms with van der Waals surface area (Å²) in [5.74, 6) is 1.17. The van der Waals surface area contributed by atoms with Gasteiger partial charge in [-0.1, -0.05) is 25.7 Å². The normalized spacial score (nSPS) is 27.4. The van der Waals surface area contributed by atoms with Crippen molar-refractivity contribution in [1.29, 1.82) is 0 Å². The van der Waals surface area contributed by atoms with Crippen LogP contribution in [0.2, 0.25) is 0 Å². The van der Waals surface area contributed by atoms with Crippen molar-refractivity contribution in [1.82, 2.24) is 0 Å². The SMILES string of the molecule is C1=CC[N-]C([NH2+][As]([NH2+]C2CCCC[N-]2)[NH2+]C2CCCC[N-]2)=C1.C1CCC([NH2+][As]([NH2+]C2CCCC[N-]2)[NH2+]C2CCCC[N-]2)[N-]C1.C1CCOC1.C1CCOC1.C1CCOC1.C1CCOC1.C1CCOC1.C1CCOC1.[Li+].[Li+].[Li+].[Li+].[Li+].[Li+].[Li+].[Li+].[NH3+]C1CCCC[N-]1.[NH3+]C1CCCC[N-]1. The molecule has 13 fully saturated rings. The molecule has 22 nitrogen and oxygen atoms in total. The van der Waals surface area contributed by atoms with E-state index in [9.17, 15) is 0 Å². The van der Waals surface area contributed by atoms with Gasteiger partial charge >= 0.3 is 429 Å². The first-order valence-corrected chi connectivity index (χ1v) is 42.6. The van der Waals surface area contributed by atoms with Crippen LogP contribution in [0.1, 0.15) is 212 Å². The van der Waals surface area contributed by atoms with Gasteiger partial charge in [0, 0.05) is 91.6 Å². The Morgan fingerprint density at radius 2 is 0.521 bits per heavy atom. The Morgan fingerprint density at radius 3 is 0.677 bits per heavy atom. The van der Waals surface area contributed by atoms with Crippen LogP contribution in [0.3, 0.4) is 0 Å². The third-order valence-corrected chi connectivity index (χ3v) is 25.2. The van der Waals surface area contributed by atoms with Crippen LogP contribution in [0.4, 0.5) is 0 Å². The number of hydrogen-bond donors (Lipinski definition) is 8. The summed E-state index contributed by atoms with van der Waals surface area (Å²) in [6.45, 7) is 20.2. The van der Waals surface area contributed by atoms with Crippen LogP contribution in [-0.4, -0.2) is 205 Å². The third-order valence-electron chi connectivity index (χ3n) is 16.8. The fraction of sp³-hybridized carbons (Fsp3) is 0.938. The molecule has 0 bridgehead atoms. The largest absolute Gasteiger partial charge is 1.00 e. The van der Waals surface area contributed by atoms with Crippen molar-refractivity contribution in [3.63, 3.8) is 0 Å². The van der Waals surface area contributed by atoms with Gasteiger partial charge in [-0.05, 0) is 89.9 Å². The van der Waals surface area contributed by atoms with Crippen molar-refractivity contribution in [2.75, 3.05) is 132 Å². The quantitative estimate of drug-likeness (QED) is 0.0878. The van der Waals surface area contributed by atoms with E-state index in [4.69, 9.17) is 55.0 Å². The second-order valence-corrected chi connectivity index (χ2v) is 32.4. The van der Waals surface area contributed by atoms with Gasteiger partial charge in [0.1, 0.15) is 0 Å². The molecule has 96 heavy (non-hydrogen) atoms. The summed E-state index contributed by atoms with van der Waals surface area (Å²) in [6, 6.07) is 0. The van der Waals surface area contributed by atoms with Gasteiger partial charge in [-0.3, -0.25) is 0 Å². The summed E-state index contributed by atoms with van der Waals surface area (Å²) in [4.78, 5) is 0. The molecule has 14 rings (SSSR count). The van der Waals surface area contributed by atoms with Gasteiger partial charge in [0.2, 0.25) is 0 Å². The molecule has 516 valence electrons. The van der Waals surface area contributed by atoms with E-state index in [2.05, 4.69) is 71.0 Å². The molecule has 7 unspecified atom stereocenters. The molecule has 0 amide bonds. The van der Waals surface area contributed by atoms with Crippen LogP contribution in [0.5, 0.6) is 0 Å². The second-order valence-electron chi connectivity index (χ2n) is 25.0. The van der Waals surface area contributed by atoms with E-state index in [0.717, 1.165) is 132 Å². The molecule has 14 aliphatic heterocycles. The number of nitrogens with two attached hydrogens (primary N) is 6. The number of rotatable bonds is 12. The van der Waals surface area contributed by atoms with Crippen LogP contribution in [0, 0.1) is 0 Å². The Bertz CT molecular complexity index is 1400. The Morgan fingerprint density at radius 1 is 0.292 bits per heavy atom. The standard InChI is InChI=1S/C15H30AsN6.C15H26AsN6.2C5H11N2.6C4H8O.8Li/c2*1-4-10-17-13(7-1)20-16(21-14-8-2-5-11-18-14)22-15-9-3-6-12-19-15;2*6-5-3-1-2-4-7-5;6*1-2-4-5-3-1;;;;;;;;/h13-15,20-22H,1-12H2;1,4,7,14-15,20-22H,2-3,5-6,8-12H2;2*5H,1-4,6H2;6*1-4H2;;;;;;;;/q2*-3;2*-1;;;;;;;8*+1/p+8. The van der Waals surface area contributed by atoms with Gasteiger partial charge in [-0.2, -0.15) is 0 Å². The molecule has 14 aliphatic rings. The smallest absolute Gasteiger partial charge is 0.610 e. The summed E-state index contributed by atoms with van der Waals surface area (Å²) in [5, 5.41) is 37.2. The first-order valence-electron chi connectivity index (χ1n) is 36.1. The molecule has 18 N–H and O–H groups in total. The fourth-order valence-corrected chi connectivity index (χ4v) is 20.3. The average Bonchev–Trinajstić information content (AvgIpc) is 1.56. The molecular formula is C64H134As2Li8N16O6+8. The number of nitrogens with zero attached hydrogens (tertiary/aromatic N) is 8. The molecule has 0 spiro atoms. The molecule has 0 radical (unpaired) electrons. The van der Waals surface area contributed by atoms with Crippen molar-refractivity contribution in [3.05, 3.63) is 66.6 Å². The summed E-state index contributed by atoms with van der Waals surface area (Å²) >= 11 is -2.48. The summed E-state index contributed by atoms with van der Waals surface area (Å²) < 4.78 is 45.1. The van der Waals surface area contributed by atoms with Gasteiger partial charge in [0.05, 0.1) is 0 Å². The molecule has 0 aromatic heterocycles. The second kappa shape index (κ2) is 78.9. The monoisotopic (exact) mass is 1430 g/mol. The average molecular weight is 1430 g/mol. The molecule has 0 aromatic carbocycles. The molecule has 13 saturated heterocycles. The predicted octanol–water partition coefficient (Wildman–Crippen LogP) is -20.4. The van der Waals surface area contributed by atoms with E-state index in [0.29, 0.717) is 43.2 Å². The first-order chi connectivity index (χ1) is 43.6. The molecule has 0 aliphatic carbocycles. The van der Waals surface area contributed by atoms with E-state index >= 15 is 0 Å². The van der Waals surface area contributed by atoms with E-state index in [1.54, 1.807) is 0 Å².